The molecule has 1 aromatic heterocycles. The van der Waals surface area contributed by atoms with E-state index in [0.717, 1.165) is 10.5 Å². The molecule has 3 nitrogen and oxygen atoms in total. The molecule has 1 aromatic carbocycles. The molecule has 0 aliphatic heterocycles. The first-order valence-electron chi connectivity index (χ1n) is 5.62. The molecule has 0 aliphatic carbocycles. The van der Waals surface area contributed by atoms with Crippen LogP contribution in [-0.2, 0) is 6.61 Å². The first kappa shape index (κ1) is 13.9. The number of halogens is 1. The number of benzene rings is 1. The second-order valence-electron chi connectivity index (χ2n) is 3.72. The summed E-state index contributed by atoms with van der Waals surface area (Å²) in [7, 11) is 0. The van der Waals surface area contributed by atoms with Crippen molar-refractivity contribution in [2.45, 2.75) is 11.5 Å². The predicted molar refractivity (Wildman–Crippen MR) is 77.0 cm³/mol. The summed E-state index contributed by atoms with van der Waals surface area (Å²) in [5.74, 6) is 0.520. The van der Waals surface area contributed by atoms with Crippen LogP contribution in [0.1, 0.15) is 15.9 Å². The molecule has 5 heteroatoms. The van der Waals surface area contributed by atoms with Crippen LogP contribution < -0.4 is 4.74 Å². The van der Waals surface area contributed by atoms with Crippen molar-refractivity contribution in [3.63, 3.8) is 0 Å². The lowest BCUT2D eigenvalue weighted by Crippen LogP contribution is -2.05. The van der Waals surface area contributed by atoms with Crippen molar-refractivity contribution in [1.29, 1.82) is 0 Å². The van der Waals surface area contributed by atoms with Crippen LogP contribution in [0.2, 0.25) is 0 Å². The Bertz CT molecular complexity index is 575. The summed E-state index contributed by atoms with van der Waals surface area (Å²) in [6, 6.07) is 10.9. The van der Waals surface area contributed by atoms with E-state index in [1.807, 2.05) is 30.5 Å². The molecule has 2 rings (SSSR count). The van der Waals surface area contributed by atoms with Gasteiger partial charge in [0.05, 0.1) is 0 Å². The smallest absolute Gasteiger partial charge is 0.252 e. The van der Waals surface area contributed by atoms with Gasteiger partial charge in [-0.15, -0.1) is 11.8 Å². The van der Waals surface area contributed by atoms with Gasteiger partial charge in [0.15, 0.2) is 0 Å². The van der Waals surface area contributed by atoms with Crippen LogP contribution in [-0.4, -0.2) is 16.5 Å². The summed E-state index contributed by atoms with van der Waals surface area (Å²) < 4.78 is 5.59. The number of thioether (sulfide) groups is 1. The molecule has 2 aromatic rings. The van der Waals surface area contributed by atoms with Gasteiger partial charge in [0.25, 0.3) is 5.24 Å². The topological polar surface area (TPSA) is 39.2 Å². The first-order chi connectivity index (χ1) is 9.22. The number of nitrogens with zero attached hydrogens (tertiary/aromatic N) is 1. The lowest BCUT2D eigenvalue weighted by molar-refractivity contribution is 0.107. The maximum Gasteiger partial charge on any atom is 0.252 e. The van der Waals surface area contributed by atoms with Crippen molar-refractivity contribution in [2.24, 2.45) is 0 Å². The summed E-state index contributed by atoms with van der Waals surface area (Å²) in [4.78, 5) is 16.5. The molecule has 0 saturated heterocycles. The molecule has 0 fully saturated rings. The van der Waals surface area contributed by atoms with Crippen molar-refractivity contribution in [3.8, 4) is 5.88 Å². The lowest BCUT2D eigenvalue weighted by Gasteiger charge is -2.11. The van der Waals surface area contributed by atoms with E-state index in [9.17, 15) is 4.79 Å². The van der Waals surface area contributed by atoms with Crippen molar-refractivity contribution >= 4 is 28.6 Å². The third-order valence-corrected chi connectivity index (χ3v) is 3.59. The molecule has 0 N–H and O–H groups in total. The number of pyridine rings is 1. The third-order valence-electron chi connectivity index (χ3n) is 2.57. The van der Waals surface area contributed by atoms with Gasteiger partial charge in [-0.1, -0.05) is 12.1 Å². The minimum Gasteiger partial charge on any atom is -0.473 e. The minimum absolute atomic E-state index is 0.266. The molecule has 0 spiro atoms. The molecule has 0 amide bonds. The normalized spacial score (nSPS) is 10.2. The van der Waals surface area contributed by atoms with Crippen LogP contribution in [0.4, 0.5) is 0 Å². The number of ether oxygens (including phenoxy) is 1. The fourth-order valence-electron chi connectivity index (χ4n) is 1.67. The van der Waals surface area contributed by atoms with Gasteiger partial charge in [-0.2, -0.15) is 0 Å². The van der Waals surface area contributed by atoms with Crippen molar-refractivity contribution in [1.82, 2.24) is 4.98 Å². The average Bonchev–Trinajstić information content (AvgIpc) is 2.45. The van der Waals surface area contributed by atoms with Gasteiger partial charge in [0.1, 0.15) is 6.61 Å². The zero-order valence-corrected chi connectivity index (χ0v) is 11.9. The highest BCUT2D eigenvalue weighted by Gasteiger charge is 2.13. The second kappa shape index (κ2) is 6.59. The Labute approximate surface area is 121 Å². The van der Waals surface area contributed by atoms with E-state index in [2.05, 4.69) is 4.98 Å². The molecule has 0 unspecified atom stereocenters. The van der Waals surface area contributed by atoms with E-state index in [1.165, 1.54) is 0 Å². The number of hydrogen-bond acceptors (Lipinski definition) is 4. The van der Waals surface area contributed by atoms with Gasteiger partial charge in [0.2, 0.25) is 5.88 Å². The van der Waals surface area contributed by atoms with Crippen molar-refractivity contribution < 1.29 is 9.53 Å². The predicted octanol–water partition coefficient (Wildman–Crippen LogP) is 3.76. The van der Waals surface area contributed by atoms with E-state index in [4.69, 9.17) is 16.3 Å². The van der Waals surface area contributed by atoms with Gasteiger partial charge in [-0.3, -0.25) is 4.79 Å². The van der Waals surface area contributed by atoms with Gasteiger partial charge in [-0.25, -0.2) is 4.98 Å². The number of carbonyl (C=O) groups is 1. The molecule has 19 heavy (non-hydrogen) atoms. The Morgan fingerprint density at radius 2 is 2.16 bits per heavy atom. The van der Waals surface area contributed by atoms with Crippen LogP contribution >= 0.6 is 23.4 Å². The highest BCUT2D eigenvalue weighted by molar-refractivity contribution is 7.98. The number of hydrogen-bond donors (Lipinski definition) is 0. The molecule has 0 saturated carbocycles. The monoisotopic (exact) mass is 293 g/mol. The summed E-state index contributed by atoms with van der Waals surface area (Å²) in [6.07, 6.45) is 3.60. The minimum atomic E-state index is -0.476. The van der Waals surface area contributed by atoms with E-state index in [-0.39, 0.29) is 6.61 Å². The Morgan fingerprint density at radius 1 is 1.32 bits per heavy atom. The molecule has 98 valence electrons. The maximum atomic E-state index is 11.4. The molecule has 0 atom stereocenters. The number of rotatable bonds is 5. The molecular formula is C14H12ClNO2S. The van der Waals surface area contributed by atoms with E-state index >= 15 is 0 Å². The summed E-state index contributed by atoms with van der Waals surface area (Å²) >= 11 is 7.15. The van der Waals surface area contributed by atoms with Crippen LogP contribution in [0, 0.1) is 0 Å². The van der Waals surface area contributed by atoms with E-state index < -0.39 is 5.24 Å². The number of aromatic nitrogens is 1. The summed E-state index contributed by atoms with van der Waals surface area (Å²) in [6.45, 7) is 0.266. The zero-order chi connectivity index (χ0) is 13.7. The Kier molecular flexibility index (Phi) is 4.82. The standard InChI is InChI=1S/C14H12ClNO2S/c1-19-12-6-4-5-10(14(15)17)11(12)9-18-13-7-2-3-8-16-13/h2-8H,9H2,1H3. The fourth-order valence-corrected chi connectivity index (χ4v) is 2.48. The maximum absolute atomic E-state index is 11.4. The van der Waals surface area contributed by atoms with Gasteiger partial charge < -0.3 is 4.74 Å². The largest absolute Gasteiger partial charge is 0.473 e. The highest BCUT2D eigenvalue weighted by atomic mass is 35.5. The summed E-state index contributed by atoms with van der Waals surface area (Å²) in [5.41, 5.74) is 1.27. The Balaban J connectivity index is 2.25. The lowest BCUT2D eigenvalue weighted by atomic mass is 10.1. The average molecular weight is 294 g/mol. The Hall–Kier alpha value is -1.52. The molecule has 0 bridgehead atoms. The zero-order valence-electron chi connectivity index (χ0n) is 10.3. The first-order valence-corrected chi connectivity index (χ1v) is 7.22. The van der Waals surface area contributed by atoms with Gasteiger partial charge in [0, 0.05) is 28.3 Å². The SMILES string of the molecule is CSc1cccc(C(=O)Cl)c1COc1ccccn1. The molecule has 1 heterocycles. The Morgan fingerprint density at radius 3 is 2.79 bits per heavy atom. The quantitative estimate of drug-likeness (QED) is 0.621. The van der Waals surface area contributed by atoms with Crippen LogP contribution in [0.15, 0.2) is 47.5 Å². The second-order valence-corrected chi connectivity index (χ2v) is 4.91. The number of carbonyl (C=O) groups excluding carboxylic acids is 1. The summed E-state index contributed by atoms with van der Waals surface area (Å²) in [5, 5.41) is -0.476. The van der Waals surface area contributed by atoms with Crippen LogP contribution in [0.3, 0.4) is 0 Å². The molecular weight excluding hydrogens is 282 g/mol. The van der Waals surface area contributed by atoms with Crippen molar-refractivity contribution in [2.75, 3.05) is 6.26 Å². The third kappa shape index (κ3) is 3.49. The van der Waals surface area contributed by atoms with E-state index in [0.29, 0.717) is 11.4 Å². The fraction of sp³-hybridized carbons (Fsp3) is 0.143. The van der Waals surface area contributed by atoms with Gasteiger partial charge >= 0.3 is 0 Å². The van der Waals surface area contributed by atoms with Crippen LogP contribution in [0.25, 0.3) is 0 Å². The highest BCUT2D eigenvalue weighted by Crippen LogP contribution is 2.26. The van der Waals surface area contributed by atoms with Crippen LogP contribution in [0.5, 0.6) is 5.88 Å². The van der Waals surface area contributed by atoms with Crippen molar-refractivity contribution in [3.05, 3.63) is 53.7 Å². The van der Waals surface area contributed by atoms with Gasteiger partial charge in [-0.05, 0) is 36.1 Å². The molecule has 0 aliphatic rings. The van der Waals surface area contributed by atoms with E-state index in [1.54, 1.807) is 30.1 Å². The molecule has 0 radical (unpaired) electrons.